The molecule has 13 heavy (non-hydrogen) atoms. The number of piperidine rings is 1. The summed E-state index contributed by atoms with van der Waals surface area (Å²) < 4.78 is 5.00. The molecule has 1 radical (unpaired) electrons. The van der Waals surface area contributed by atoms with E-state index in [1.165, 1.54) is 0 Å². The van der Waals surface area contributed by atoms with Gasteiger partial charge in [0.05, 0.1) is 6.61 Å². The van der Waals surface area contributed by atoms with Crippen LogP contribution in [-0.4, -0.2) is 50.7 Å². The van der Waals surface area contributed by atoms with E-state index in [2.05, 4.69) is 10.2 Å². The average Bonchev–Trinajstić information content (AvgIpc) is 2.17. The summed E-state index contributed by atoms with van der Waals surface area (Å²) in [7, 11) is 1.72. The van der Waals surface area contributed by atoms with Crippen LogP contribution in [-0.2, 0) is 9.53 Å². The van der Waals surface area contributed by atoms with Gasteiger partial charge in [-0.05, 0) is 12.8 Å². The second-order valence-corrected chi connectivity index (χ2v) is 3.36. The lowest BCUT2D eigenvalue weighted by molar-refractivity contribution is 0.128. The van der Waals surface area contributed by atoms with Crippen molar-refractivity contribution in [2.45, 2.75) is 18.9 Å². The fourth-order valence-corrected chi connectivity index (χ4v) is 1.60. The van der Waals surface area contributed by atoms with Gasteiger partial charge in [0.1, 0.15) is 0 Å². The van der Waals surface area contributed by atoms with E-state index in [4.69, 9.17) is 4.74 Å². The lowest BCUT2D eigenvalue weighted by Crippen LogP contribution is -2.43. The number of rotatable bonds is 5. The van der Waals surface area contributed by atoms with E-state index in [1.807, 2.05) is 0 Å². The van der Waals surface area contributed by atoms with E-state index in [-0.39, 0.29) is 0 Å². The Bertz CT molecular complexity index is 145. The van der Waals surface area contributed by atoms with E-state index >= 15 is 0 Å². The lowest BCUT2D eigenvalue weighted by Gasteiger charge is -2.30. The van der Waals surface area contributed by atoms with Crippen LogP contribution in [0.1, 0.15) is 12.8 Å². The number of nitrogens with one attached hydrogen (secondary N) is 1. The molecule has 1 heterocycles. The van der Waals surface area contributed by atoms with Gasteiger partial charge in [0.25, 0.3) is 0 Å². The molecular weight excluding hydrogens is 168 g/mol. The highest BCUT2D eigenvalue weighted by atomic mass is 16.5. The number of ether oxygens (including phenoxy) is 1. The van der Waals surface area contributed by atoms with Crippen LogP contribution < -0.4 is 5.32 Å². The largest absolute Gasteiger partial charge is 0.383 e. The van der Waals surface area contributed by atoms with Crippen LogP contribution in [0.3, 0.4) is 0 Å². The third-order valence-corrected chi connectivity index (χ3v) is 2.46. The van der Waals surface area contributed by atoms with Gasteiger partial charge < -0.3 is 15.0 Å². The first-order valence-corrected chi connectivity index (χ1v) is 4.70. The number of hydrogen-bond acceptors (Lipinski definition) is 3. The van der Waals surface area contributed by atoms with Gasteiger partial charge in [-0.2, -0.15) is 0 Å². The molecule has 0 aliphatic carbocycles. The molecule has 1 fully saturated rings. The van der Waals surface area contributed by atoms with Gasteiger partial charge in [-0.3, -0.25) is 4.79 Å². The summed E-state index contributed by atoms with van der Waals surface area (Å²) in [5.74, 6) is 0. The summed E-state index contributed by atoms with van der Waals surface area (Å²) in [5.41, 5.74) is 0. The third kappa shape index (κ3) is 3.74. The van der Waals surface area contributed by atoms with Crippen LogP contribution in [0.4, 0.5) is 0 Å². The summed E-state index contributed by atoms with van der Waals surface area (Å²) in [6.45, 7) is 3.87. The third-order valence-electron chi connectivity index (χ3n) is 2.46. The SMILES string of the molecule is COCCN1CCC(N[C]=O)CC1. The van der Waals surface area contributed by atoms with E-state index in [0.717, 1.165) is 39.1 Å². The van der Waals surface area contributed by atoms with Crippen molar-refractivity contribution in [1.82, 2.24) is 10.2 Å². The van der Waals surface area contributed by atoms with E-state index < -0.39 is 0 Å². The standard InChI is InChI=1S/C9H17N2O2/c1-13-7-6-11-4-2-9(3-5-11)10-8-12/h9H,2-7H2,1H3,(H,10,12). The molecule has 75 valence electrons. The van der Waals surface area contributed by atoms with Gasteiger partial charge >= 0.3 is 6.41 Å². The Morgan fingerprint density at radius 3 is 2.77 bits per heavy atom. The van der Waals surface area contributed by atoms with Crippen molar-refractivity contribution < 1.29 is 9.53 Å². The highest BCUT2D eigenvalue weighted by Gasteiger charge is 2.17. The molecule has 1 amide bonds. The first kappa shape index (κ1) is 10.5. The normalized spacial score (nSPS) is 20.1. The van der Waals surface area contributed by atoms with Crippen molar-refractivity contribution >= 4 is 6.41 Å². The molecule has 0 saturated carbocycles. The number of carbonyl (C=O) groups excluding carboxylic acids is 1. The Hall–Kier alpha value is -0.610. The molecule has 4 nitrogen and oxygen atoms in total. The number of amides is 1. The quantitative estimate of drug-likeness (QED) is 0.601. The molecule has 0 spiro atoms. The molecule has 1 N–H and O–H groups in total. The Morgan fingerprint density at radius 1 is 1.54 bits per heavy atom. The van der Waals surface area contributed by atoms with Crippen molar-refractivity contribution in [3.63, 3.8) is 0 Å². The molecule has 1 aliphatic rings. The van der Waals surface area contributed by atoms with Crippen LogP contribution >= 0.6 is 0 Å². The zero-order valence-corrected chi connectivity index (χ0v) is 8.08. The summed E-state index contributed by atoms with van der Waals surface area (Å²) >= 11 is 0. The Kier molecular flexibility index (Phi) is 4.78. The minimum Gasteiger partial charge on any atom is -0.383 e. The number of nitrogens with zero attached hydrogens (tertiary/aromatic N) is 1. The Balaban J connectivity index is 2.11. The first-order valence-electron chi connectivity index (χ1n) is 4.70. The monoisotopic (exact) mass is 185 g/mol. The van der Waals surface area contributed by atoms with Gasteiger partial charge in [0.15, 0.2) is 0 Å². The minimum absolute atomic E-state index is 0.330. The second kappa shape index (κ2) is 5.94. The topological polar surface area (TPSA) is 41.6 Å². The van der Waals surface area contributed by atoms with Crippen molar-refractivity contribution in [1.29, 1.82) is 0 Å². The smallest absolute Gasteiger partial charge is 0.309 e. The Morgan fingerprint density at radius 2 is 2.23 bits per heavy atom. The highest BCUT2D eigenvalue weighted by Crippen LogP contribution is 2.08. The number of likely N-dealkylation sites (tertiary alicyclic amines) is 1. The predicted octanol–water partition coefficient (Wildman–Crippen LogP) is -0.246. The molecule has 0 aromatic heterocycles. The van der Waals surface area contributed by atoms with Crippen LogP contribution in [0.25, 0.3) is 0 Å². The van der Waals surface area contributed by atoms with Crippen molar-refractivity contribution in [2.75, 3.05) is 33.4 Å². The number of methoxy groups -OCH3 is 1. The molecule has 1 rings (SSSR count). The maximum Gasteiger partial charge on any atom is 0.309 e. The summed E-state index contributed by atoms with van der Waals surface area (Å²) in [6, 6.07) is 0.330. The van der Waals surface area contributed by atoms with E-state index in [9.17, 15) is 4.79 Å². The van der Waals surface area contributed by atoms with Gasteiger partial charge in [-0.15, -0.1) is 0 Å². The Labute approximate surface area is 79.2 Å². The van der Waals surface area contributed by atoms with Gasteiger partial charge in [-0.25, -0.2) is 0 Å². The fourth-order valence-electron chi connectivity index (χ4n) is 1.60. The van der Waals surface area contributed by atoms with Crippen molar-refractivity contribution in [3.05, 3.63) is 0 Å². The summed E-state index contributed by atoms with van der Waals surface area (Å²) in [5, 5.41) is 2.70. The highest BCUT2D eigenvalue weighted by molar-refractivity contribution is 5.47. The summed E-state index contributed by atoms with van der Waals surface area (Å²) in [6.07, 6.45) is 3.81. The maximum atomic E-state index is 10.1. The molecular formula is C9H17N2O2. The lowest BCUT2D eigenvalue weighted by atomic mass is 10.1. The first-order chi connectivity index (χ1) is 6.36. The summed E-state index contributed by atoms with van der Waals surface area (Å²) in [4.78, 5) is 12.4. The fraction of sp³-hybridized carbons (Fsp3) is 0.889. The molecule has 1 saturated heterocycles. The molecule has 0 bridgehead atoms. The van der Waals surface area contributed by atoms with Crippen LogP contribution in [0.2, 0.25) is 0 Å². The van der Waals surface area contributed by atoms with Crippen LogP contribution in [0.15, 0.2) is 0 Å². The van der Waals surface area contributed by atoms with Gasteiger partial charge in [-0.1, -0.05) is 0 Å². The van der Waals surface area contributed by atoms with Gasteiger partial charge in [0.2, 0.25) is 0 Å². The predicted molar refractivity (Wildman–Crippen MR) is 50.2 cm³/mol. The second-order valence-electron chi connectivity index (χ2n) is 3.36. The van der Waals surface area contributed by atoms with Crippen molar-refractivity contribution in [2.24, 2.45) is 0 Å². The molecule has 4 heteroatoms. The van der Waals surface area contributed by atoms with E-state index in [1.54, 1.807) is 13.5 Å². The number of hydrogen-bond donors (Lipinski definition) is 1. The zero-order chi connectivity index (χ0) is 9.52. The van der Waals surface area contributed by atoms with E-state index in [0.29, 0.717) is 6.04 Å². The minimum atomic E-state index is 0.330. The van der Waals surface area contributed by atoms with Crippen molar-refractivity contribution in [3.8, 4) is 0 Å². The molecule has 0 aromatic rings. The van der Waals surface area contributed by atoms with Gasteiger partial charge in [0, 0.05) is 32.8 Å². The molecule has 1 aliphatic heterocycles. The van der Waals surface area contributed by atoms with Crippen LogP contribution in [0.5, 0.6) is 0 Å². The molecule has 0 aromatic carbocycles. The average molecular weight is 185 g/mol. The maximum absolute atomic E-state index is 10.1. The van der Waals surface area contributed by atoms with Crippen LogP contribution in [0, 0.1) is 0 Å². The molecule has 0 unspecified atom stereocenters. The molecule has 0 atom stereocenters. The zero-order valence-electron chi connectivity index (χ0n) is 8.08.